The number of hydrogen-bond donors (Lipinski definition) is 1. The highest BCUT2D eigenvalue weighted by Crippen LogP contribution is 2.21. The Hall–Kier alpha value is -0.310. The molecule has 1 rings (SSSR count). The molecule has 0 amide bonds. The molecule has 0 aliphatic heterocycles. The quantitative estimate of drug-likeness (QED) is 0.588. The number of hydrogen-bond acceptors (Lipinski definition) is 2. The van der Waals surface area contributed by atoms with Crippen molar-refractivity contribution in [2.75, 3.05) is 13.1 Å². The molecule has 0 spiro atoms. The Balaban J connectivity index is 2.16. The summed E-state index contributed by atoms with van der Waals surface area (Å²) in [6.07, 6.45) is 1.05. The first kappa shape index (κ1) is 10.8. The molecule has 72 valence electrons. The molecule has 0 radical (unpaired) electrons. The third-order valence-corrected chi connectivity index (χ3v) is 2.89. The molecule has 0 atom stereocenters. The molecule has 0 fully saturated rings. The highest BCUT2D eigenvalue weighted by atomic mass is 35.5. The molecule has 1 aromatic heterocycles. The van der Waals surface area contributed by atoms with Crippen LogP contribution < -0.4 is 5.32 Å². The SMILES string of the molecule is C=C(C)CNCCc1ccc(Cl)s1. The first-order valence-corrected chi connectivity index (χ1v) is 5.47. The van der Waals surface area contributed by atoms with Gasteiger partial charge in [-0.1, -0.05) is 23.8 Å². The lowest BCUT2D eigenvalue weighted by molar-refractivity contribution is 0.733. The van der Waals surface area contributed by atoms with Gasteiger partial charge in [-0.3, -0.25) is 0 Å². The van der Waals surface area contributed by atoms with Gasteiger partial charge >= 0.3 is 0 Å². The van der Waals surface area contributed by atoms with Gasteiger partial charge in [0.15, 0.2) is 0 Å². The minimum Gasteiger partial charge on any atom is -0.313 e. The Bertz CT molecular complexity index is 280. The van der Waals surface area contributed by atoms with Crippen LogP contribution in [-0.4, -0.2) is 13.1 Å². The van der Waals surface area contributed by atoms with Gasteiger partial charge in [-0.15, -0.1) is 11.3 Å². The number of halogens is 1. The second kappa shape index (κ2) is 5.43. The summed E-state index contributed by atoms with van der Waals surface area (Å²) in [5, 5.41) is 3.31. The van der Waals surface area contributed by atoms with Gasteiger partial charge in [0.1, 0.15) is 0 Å². The summed E-state index contributed by atoms with van der Waals surface area (Å²) in [6.45, 7) is 7.74. The predicted octanol–water partition coefficient (Wildman–Crippen LogP) is 3.11. The first-order valence-electron chi connectivity index (χ1n) is 4.28. The molecule has 1 nitrogen and oxygen atoms in total. The van der Waals surface area contributed by atoms with Gasteiger partial charge < -0.3 is 5.32 Å². The molecule has 1 aromatic rings. The maximum atomic E-state index is 5.81. The van der Waals surface area contributed by atoms with E-state index < -0.39 is 0 Å². The Labute approximate surface area is 88.4 Å². The van der Waals surface area contributed by atoms with Crippen LogP contribution in [0.5, 0.6) is 0 Å². The largest absolute Gasteiger partial charge is 0.313 e. The highest BCUT2D eigenvalue weighted by molar-refractivity contribution is 7.16. The molecule has 0 saturated carbocycles. The van der Waals surface area contributed by atoms with Crippen molar-refractivity contribution in [2.24, 2.45) is 0 Å². The van der Waals surface area contributed by atoms with Gasteiger partial charge in [0.05, 0.1) is 4.34 Å². The van der Waals surface area contributed by atoms with Crippen LogP contribution in [0.2, 0.25) is 4.34 Å². The van der Waals surface area contributed by atoms with Crippen molar-refractivity contribution in [1.29, 1.82) is 0 Å². The van der Waals surface area contributed by atoms with Gasteiger partial charge in [-0.05, 0) is 25.5 Å². The average Bonchev–Trinajstić information content (AvgIpc) is 2.45. The van der Waals surface area contributed by atoms with Crippen LogP contribution in [0.3, 0.4) is 0 Å². The minimum atomic E-state index is 0.870. The lowest BCUT2D eigenvalue weighted by Crippen LogP contribution is -2.18. The van der Waals surface area contributed by atoms with Crippen molar-refractivity contribution in [2.45, 2.75) is 13.3 Å². The summed E-state index contributed by atoms with van der Waals surface area (Å²) in [4.78, 5) is 1.33. The summed E-state index contributed by atoms with van der Waals surface area (Å²) >= 11 is 7.46. The van der Waals surface area contributed by atoms with Crippen LogP contribution in [0.15, 0.2) is 24.3 Å². The van der Waals surface area contributed by atoms with Crippen molar-refractivity contribution in [3.8, 4) is 0 Å². The molecule has 0 aliphatic rings. The monoisotopic (exact) mass is 215 g/mol. The Kier molecular flexibility index (Phi) is 4.50. The summed E-state index contributed by atoms with van der Waals surface area (Å²) in [5.74, 6) is 0. The summed E-state index contributed by atoms with van der Waals surface area (Å²) in [7, 11) is 0. The molecule has 0 saturated heterocycles. The molecule has 1 N–H and O–H groups in total. The van der Waals surface area contributed by atoms with Crippen molar-refractivity contribution < 1.29 is 0 Å². The fourth-order valence-corrected chi connectivity index (χ4v) is 2.09. The van der Waals surface area contributed by atoms with Crippen molar-refractivity contribution >= 4 is 22.9 Å². The van der Waals surface area contributed by atoms with Crippen molar-refractivity contribution in [3.05, 3.63) is 33.5 Å². The lowest BCUT2D eigenvalue weighted by Gasteiger charge is -2.01. The number of nitrogens with one attached hydrogen (secondary N) is 1. The Morgan fingerprint density at radius 3 is 2.92 bits per heavy atom. The molecule has 3 heteroatoms. The van der Waals surface area contributed by atoms with Gasteiger partial charge in [0.25, 0.3) is 0 Å². The van der Waals surface area contributed by atoms with E-state index in [9.17, 15) is 0 Å². The fourth-order valence-electron chi connectivity index (χ4n) is 0.999. The second-order valence-corrected chi connectivity index (χ2v) is 4.89. The van der Waals surface area contributed by atoms with E-state index in [1.165, 1.54) is 10.5 Å². The molecular formula is C10H14ClNS. The van der Waals surface area contributed by atoms with Gasteiger partial charge in [0.2, 0.25) is 0 Å². The third kappa shape index (κ3) is 4.46. The molecule has 0 unspecified atom stereocenters. The standard InChI is InChI=1S/C10H14ClNS/c1-8(2)7-12-6-5-9-3-4-10(11)13-9/h3-4,12H,1,5-7H2,2H3. The van der Waals surface area contributed by atoms with E-state index in [1.807, 2.05) is 13.0 Å². The predicted molar refractivity (Wildman–Crippen MR) is 60.7 cm³/mol. The van der Waals surface area contributed by atoms with Gasteiger partial charge in [-0.2, -0.15) is 0 Å². The van der Waals surface area contributed by atoms with Gasteiger partial charge in [-0.25, -0.2) is 0 Å². The zero-order valence-electron chi connectivity index (χ0n) is 7.77. The van der Waals surface area contributed by atoms with E-state index >= 15 is 0 Å². The highest BCUT2D eigenvalue weighted by Gasteiger charge is 1.96. The van der Waals surface area contributed by atoms with Gasteiger partial charge in [0, 0.05) is 18.0 Å². The zero-order valence-corrected chi connectivity index (χ0v) is 9.34. The van der Waals surface area contributed by atoms with E-state index in [2.05, 4.69) is 18.0 Å². The molecule has 13 heavy (non-hydrogen) atoms. The average molecular weight is 216 g/mol. The molecule has 1 heterocycles. The van der Waals surface area contributed by atoms with Crippen LogP contribution in [0, 0.1) is 0 Å². The first-order chi connectivity index (χ1) is 6.18. The summed E-state index contributed by atoms with van der Waals surface area (Å²) in [6, 6.07) is 4.02. The summed E-state index contributed by atoms with van der Waals surface area (Å²) < 4.78 is 0.870. The smallest absolute Gasteiger partial charge is 0.0931 e. The lowest BCUT2D eigenvalue weighted by atomic mass is 10.3. The van der Waals surface area contributed by atoms with Crippen LogP contribution in [0.1, 0.15) is 11.8 Å². The van der Waals surface area contributed by atoms with Crippen LogP contribution in [0.4, 0.5) is 0 Å². The van der Waals surface area contributed by atoms with E-state index in [-0.39, 0.29) is 0 Å². The van der Waals surface area contributed by atoms with Crippen molar-refractivity contribution in [1.82, 2.24) is 5.32 Å². The normalized spacial score (nSPS) is 10.3. The van der Waals surface area contributed by atoms with E-state index in [4.69, 9.17) is 11.6 Å². The molecular weight excluding hydrogens is 202 g/mol. The number of thiophene rings is 1. The summed E-state index contributed by atoms with van der Waals surface area (Å²) in [5.41, 5.74) is 1.17. The van der Waals surface area contributed by atoms with E-state index in [1.54, 1.807) is 11.3 Å². The van der Waals surface area contributed by atoms with Crippen LogP contribution in [-0.2, 0) is 6.42 Å². The topological polar surface area (TPSA) is 12.0 Å². The van der Waals surface area contributed by atoms with E-state index in [0.29, 0.717) is 0 Å². The zero-order chi connectivity index (χ0) is 9.68. The van der Waals surface area contributed by atoms with Crippen LogP contribution >= 0.6 is 22.9 Å². The van der Waals surface area contributed by atoms with Crippen molar-refractivity contribution in [3.63, 3.8) is 0 Å². The maximum absolute atomic E-state index is 5.81. The second-order valence-electron chi connectivity index (χ2n) is 3.09. The molecule has 0 bridgehead atoms. The van der Waals surface area contributed by atoms with Crippen LogP contribution in [0.25, 0.3) is 0 Å². The Morgan fingerprint density at radius 2 is 2.38 bits per heavy atom. The fraction of sp³-hybridized carbons (Fsp3) is 0.400. The van der Waals surface area contributed by atoms with E-state index in [0.717, 1.165) is 23.8 Å². The Morgan fingerprint density at radius 1 is 1.62 bits per heavy atom. The molecule has 0 aliphatic carbocycles. The maximum Gasteiger partial charge on any atom is 0.0931 e. The minimum absolute atomic E-state index is 0.870. The third-order valence-electron chi connectivity index (χ3n) is 1.60. The molecule has 0 aromatic carbocycles. The number of rotatable bonds is 5.